The Morgan fingerprint density at radius 3 is 2.83 bits per heavy atom. The zero-order valence-electron chi connectivity index (χ0n) is 17.4. The van der Waals surface area contributed by atoms with Crippen LogP contribution in [0.15, 0.2) is 48.5 Å². The predicted molar refractivity (Wildman–Crippen MR) is 116 cm³/mol. The van der Waals surface area contributed by atoms with Gasteiger partial charge in [0.05, 0.1) is 12.6 Å². The average molecular weight is 394 g/mol. The van der Waals surface area contributed by atoms with Crippen molar-refractivity contribution in [3.63, 3.8) is 0 Å². The molecule has 3 atom stereocenters. The van der Waals surface area contributed by atoms with Gasteiger partial charge in [0.15, 0.2) is 0 Å². The van der Waals surface area contributed by atoms with E-state index in [1.54, 1.807) is 7.11 Å². The number of nitrogens with one attached hydrogen (secondary N) is 2. The van der Waals surface area contributed by atoms with E-state index in [2.05, 4.69) is 64.9 Å². The lowest BCUT2D eigenvalue weighted by molar-refractivity contribution is 0.0936. The molecular weight excluding hydrogens is 362 g/mol. The lowest BCUT2D eigenvalue weighted by Crippen LogP contribution is -2.47. The number of anilines is 1. The number of methoxy groups -OCH3 is 1. The van der Waals surface area contributed by atoms with Gasteiger partial charge in [-0.15, -0.1) is 0 Å². The molecule has 2 aliphatic rings. The SMILES string of the molecule is CCN1c2ccc(C(=O)NCCOC)cc2[C@H]2NCCC[C@H]2C1c1ccccc1. The standard InChI is InChI=1S/C24H31N3O2/c1-3-27-21-12-11-18(24(28)26-14-15-29-2)16-20(21)22-19(10-7-13-25-22)23(27)17-8-5-4-6-9-17/h4-6,8-9,11-12,16,19,22-23,25H,3,7,10,13-15H2,1-2H3,(H,26,28)/t19-,22+,23?/m1/s1. The molecule has 2 heterocycles. The predicted octanol–water partition coefficient (Wildman–Crippen LogP) is 3.68. The van der Waals surface area contributed by atoms with Crippen molar-refractivity contribution in [1.82, 2.24) is 10.6 Å². The Balaban J connectivity index is 1.72. The van der Waals surface area contributed by atoms with Crippen LogP contribution in [-0.4, -0.2) is 39.3 Å². The Morgan fingerprint density at radius 1 is 1.24 bits per heavy atom. The molecule has 1 fully saturated rings. The third-order valence-electron chi connectivity index (χ3n) is 6.26. The van der Waals surface area contributed by atoms with E-state index in [1.165, 1.54) is 29.7 Å². The Hall–Kier alpha value is -2.37. The average Bonchev–Trinajstić information content (AvgIpc) is 2.78. The van der Waals surface area contributed by atoms with Crippen LogP contribution in [0, 0.1) is 5.92 Å². The fourth-order valence-electron chi connectivity index (χ4n) is 4.99. The smallest absolute Gasteiger partial charge is 0.251 e. The molecule has 0 radical (unpaired) electrons. The molecule has 5 heteroatoms. The quantitative estimate of drug-likeness (QED) is 0.735. The molecule has 5 nitrogen and oxygen atoms in total. The fourth-order valence-corrected chi connectivity index (χ4v) is 4.99. The van der Waals surface area contributed by atoms with Gasteiger partial charge in [-0.1, -0.05) is 30.3 Å². The van der Waals surface area contributed by atoms with Crippen LogP contribution in [0.2, 0.25) is 0 Å². The van der Waals surface area contributed by atoms with E-state index in [1.807, 2.05) is 6.07 Å². The number of hydrogen-bond donors (Lipinski definition) is 2. The van der Waals surface area contributed by atoms with Gasteiger partial charge in [0, 0.05) is 43.4 Å². The molecule has 2 aromatic carbocycles. The van der Waals surface area contributed by atoms with Gasteiger partial charge < -0.3 is 20.3 Å². The molecule has 0 spiro atoms. The van der Waals surface area contributed by atoms with Gasteiger partial charge in [-0.2, -0.15) is 0 Å². The van der Waals surface area contributed by atoms with Gasteiger partial charge in [-0.25, -0.2) is 0 Å². The summed E-state index contributed by atoms with van der Waals surface area (Å²) in [7, 11) is 1.64. The van der Waals surface area contributed by atoms with Gasteiger partial charge in [-0.3, -0.25) is 4.79 Å². The van der Waals surface area contributed by atoms with Crippen LogP contribution < -0.4 is 15.5 Å². The summed E-state index contributed by atoms with van der Waals surface area (Å²) in [6.07, 6.45) is 2.38. The van der Waals surface area contributed by atoms with Crippen molar-refractivity contribution >= 4 is 11.6 Å². The van der Waals surface area contributed by atoms with Gasteiger partial charge in [-0.05, 0) is 55.6 Å². The zero-order valence-corrected chi connectivity index (χ0v) is 17.4. The summed E-state index contributed by atoms with van der Waals surface area (Å²) in [6.45, 7) is 5.23. The molecule has 0 saturated carbocycles. The first-order valence-electron chi connectivity index (χ1n) is 10.7. The van der Waals surface area contributed by atoms with Crippen molar-refractivity contribution < 1.29 is 9.53 Å². The van der Waals surface area contributed by atoms with E-state index >= 15 is 0 Å². The summed E-state index contributed by atoms with van der Waals surface area (Å²) in [6, 6.07) is 17.7. The van der Waals surface area contributed by atoms with E-state index in [0.717, 1.165) is 18.7 Å². The van der Waals surface area contributed by atoms with Gasteiger partial charge >= 0.3 is 0 Å². The third-order valence-corrected chi connectivity index (χ3v) is 6.26. The maximum atomic E-state index is 12.6. The van der Waals surface area contributed by atoms with Crippen LogP contribution in [0.1, 0.15) is 53.3 Å². The van der Waals surface area contributed by atoms with Crippen molar-refractivity contribution in [2.75, 3.05) is 38.3 Å². The second kappa shape index (κ2) is 8.97. The van der Waals surface area contributed by atoms with Crippen LogP contribution in [0.5, 0.6) is 0 Å². The lowest BCUT2D eigenvalue weighted by Gasteiger charge is -2.50. The zero-order chi connectivity index (χ0) is 20.2. The maximum Gasteiger partial charge on any atom is 0.251 e. The molecule has 0 aliphatic carbocycles. The number of carbonyl (C=O) groups excluding carboxylic acids is 1. The van der Waals surface area contributed by atoms with Gasteiger partial charge in [0.2, 0.25) is 0 Å². The van der Waals surface area contributed by atoms with Gasteiger partial charge in [0.25, 0.3) is 5.91 Å². The molecule has 0 aromatic heterocycles. The van der Waals surface area contributed by atoms with Crippen LogP contribution in [-0.2, 0) is 4.74 Å². The first kappa shape index (κ1) is 19.9. The number of benzene rings is 2. The topological polar surface area (TPSA) is 53.6 Å². The molecule has 1 saturated heterocycles. The first-order chi connectivity index (χ1) is 14.2. The Labute approximate surface area is 173 Å². The number of fused-ring (bicyclic) bond motifs is 3. The summed E-state index contributed by atoms with van der Waals surface area (Å²) in [5.74, 6) is 0.454. The molecule has 1 unspecified atom stereocenters. The van der Waals surface area contributed by atoms with E-state index < -0.39 is 0 Å². The number of piperidine rings is 1. The van der Waals surface area contributed by atoms with E-state index in [4.69, 9.17) is 4.74 Å². The van der Waals surface area contributed by atoms with Crippen LogP contribution >= 0.6 is 0 Å². The number of hydrogen-bond acceptors (Lipinski definition) is 4. The lowest BCUT2D eigenvalue weighted by atomic mass is 9.74. The minimum absolute atomic E-state index is 0.0366. The maximum absolute atomic E-state index is 12.6. The number of carbonyl (C=O) groups is 1. The summed E-state index contributed by atoms with van der Waals surface area (Å²) in [5.41, 5.74) is 4.59. The number of ether oxygens (including phenoxy) is 1. The molecular formula is C24H31N3O2. The van der Waals surface area contributed by atoms with Crippen molar-refractivity contribution in [2.45, 2.75) is 31.8 Å². The summed E-state index contributed by atoms with van der Waals surface area (Å²) in [4.78, 5) is 15.1. The Bertz CT molecular complexity index is 839. The molecule has 0 bridgehead atoms. The van der Waals surface area contributed by atoms with Crippen LogP contribution in [0.3, 0.4) is 0 Å². The highest BCUT2D eigenvalue weighted by Crippen LogP contribution is 2.50. The van der Waals surface area contributed by atoms with Crippen molar-refractivity contribution in [1.29, 1.82) is 0 Å². The highest BCUT2D eigenvalue weighted by Gasteiger charge is 2.42. The summed E-state index contributed by atoms with van der Waals surface area (Å²) < 4.78 is 5.04. The number of nitrogens with zero attached hydrogens (tertiary/aromatic N) is 1. The minimum Gasteiger partial charge on any atom is -0.383 e. The normalized spacial score (nSPS) is 23.2. The van der Waals surface area contributed by atoms with Gasteiger partial charge in [0.1, 0.15) is 0 Å². The molecule has 4 rings (SSSR count). The van der Waals surface area contributed by atoms with Crippen molar-refractivity contribution in [3.05, 3.63) is 65.2 Å². The Morgan fingerprint density at radius 2 is 2.07 bits per heavy atom. The molecule has 29 heavy (non-hydrogen) atoms. The van der Waals surface area contributed by atoms with E-state index in [-0.39, 0.29) is 11.9 Å². The second-order valence-electron chi connectivity index (χ2n) is 7.90. The molecule has 2 aliphatic heterocycles. The minimum atomic E-state index is -0.0366. The van der Waals surface area contributed by atoms with Crippen molar-refractivity contribution in [2.24, 2.45) is 5.92 Å². The largest absolute Gasteiger partial charge is 0.383 e. The number of rotatable bonds is 6. The Kier molecular flexibility index (Phi) is 6.16. The molecule has 1 amide bonds. The van der Waals surface area contributed by atoms with Crippen LogP contribution in [0.25, 0.3) is 0 Å². The molecule has 2 aromatic rings. The fraction of sp³-hybridized carbons (Fsp3) is 0.458. The van der Waals surface area contributed by atoms with Crippen molar-refractivity contribution in [3.8, 4) is 0 Å². The van der Waals surface area contributed by atoms with E-state index in [0.29, 0.717) is 25.1 Å². The second-order valence-corrected chi connectivity index (χ2v) is 7.90. The molecule has 2 N–H and O–H groups in total. The highest BCUT2D eigenvalue weighted by atomic mass is 16.5. The molecule has 154 valence electrons. The monoisotopic (exact) mass is 393 g/mol. The number of amides is 1. The third kappa shape index (κ3) is 3.89. The summed E-state index contributed by atoms with van der Waals surface area (Å²) in [5, 5.41) is 6.70. The summed E-state index contributed by atoms with van der Waals surface area (Å²) >= 11 is 0. The van der Waals surface area contributed by atoms with Crippen LogP contribution in [0.4, 0.5) is 5.69 Å². The first-order valence-corrected chi connectivity index (χ1v) is 10.7. The van der Waals surface area contributed by atoms with E-state index in [9.17, 15) is 4.79 Å². The highest BCUT2D eigenvalue weighted by molar-refractivity contribution is 5.95.